The molecule has 2 N–H and O–H groups in total. The van der Waals surface area contributed by atoms with E-state index in [2.05, 4.69) is 4.98 Å². The van der Waals surface area contributed by atoms with Crippen LogP contribution in [0, 0.1) is 0 Å². The summed E-state index contributed by atoms with van der Waals surface area (Å²) >= 11 is 0. The molecule has 0 atom stereocenters. The van der Waals surface area contributed by atoms with Crippen molar-refractivity contribution in [2.24, 2.45) is 5.73 Å². The van der Waals surface area contributed by atoms with E-state index in [0.717, 1.165) is 0 Å². The molecule has 1 aromatic heterocycles. The highest BCUT2D eigenvalue weighted by Gasteiger charge is 2.21. The van der Waals surface area contributed by atoms with E-state index in [4.69, 9.17) is 15.2 Å². The maximum absolute atomic E-state index is 12.5. The Kier molecular flexibility index (Phi) is 3.79. The number of halogens is 2. The molecule has 6 heteroatoms. The molecule has 1 heterocycles. The zero-order chi connectivity index (χ0) is 11.4. The van der Waals surface area contributed by atoms with Crippen LogP contribution in [-0.2, 0) is 6.54 Å². The van der Waals surface area contributed by atoms with Gasteiger partial charge < -0.3 is 15.2 Å². The number of nitrogens with zero attached hydrogens (tertiary/aromatic N) is 1. The van der Waals surface area contributed by atoms with Crippen LogP contribution in [-0.4, -0.2) is 19.2 Å². The third-order valence-electron chi connectivity index (χ3n) is 1.96. The number of hydrogen-bond donors (Lipinski definition) is 1. The van der Waals surface area contributed by atoms with Crippen molar-refractivity contribution in [1.29, 1.82) is 0 Å². The second-order valence-corrected chi connectivity index (χ2v) is 2.73. The van der Waals surface area contributed by atoms with Gasteiger partial charge in [0.25, 0.3) is 6.43 Å². The van der Waals surface area contributed by atoms with Crippen LogP contribution in [0.5, 0.6) is 11.5 Å². The van der Waals surface area contributed by atoms with Gasteiger partial charge >= 0.3 is 0 Å². The van der Waals surface area contributed by atoms with Gasteiger partial charge in [-0.1, -0.05) is 0 Å². The lowest BCUT2D eigenvalue weighted by Gasteiger charge is -2.14. The van der Waals surface area contributed by atoms with Gasteiger partial charge in [0.15, 0.2) is 5.75 Å². The van der Waals surface area contributed by atoms with E-state index in [9.17, 15) is 8.78 Å². The molecule has 15 heavy (non-hydrogen) atoms. The van der Waals surface area contributed by atoms with Gasteiger partial charge in [-0.25, -0.2) is 13.8 Å². The van der Waals surface area contributed by atoms with E-state index in [-0.39, 0.29) is 12.3 Å². The quantitative estimate of drug-likeness (QED) is 0.831. The summed E-state index contributed by atoms with van der Waals surface area (Å²) in [5.74, 6) is 0.339. The molecular formula is C9H12F2N2O2. The van der Waals surface area contributed by atoms with E-state index in [1.54, 1.807) is 0 Å². The van der Waals surface area contributed by atoms with Crippen LogP contribution in [0.4, 0.5) is 8.78 Å². The van der Waals surface area contributed by atoms with Gasteiger partial charge in [0.2, 0.25) is 0 Å². The van der Waals surface area contributed by atoms with Crippen molar-refractivity contribution >= 4 is 0 Å². The highest BCUT2D eigenvalue weighted by Crippen LogP contribution is 2.34. The average molecular weight is 218 g/mol. The van der Waals surface area contributed by atoms with E-state index < -0.39 is 12.1 Å². The number of methoxy groups -OCH3 is 2. The van der Waals surface area contributed by atoms with Crippen LogP contribution in [0.3, 0.4) is 0 Å². The smallest absolute Gasteiger partial charge is 0.284 e. The molecule has 84 valence electrons. The molecule has 1 rings (SSSR count). The van der Waals surface area contributed by atoms with Crippen molar-refractivity contribution < 1.29 is 18.3 Å². The number of pyridine rings is 1. The highest BCUT2D eigenvalue weighted by molar-refractivity contribution is 5.46. The lowest BCUT2D eigenvalue weighted by molar-refractivity contribution is 0.141. The number of aromatic nitrogens is 1. The summed E-state index contributed by atoms with van der Waals surface area (Å²) in [5, 5.41) is 0. The van der Waals surface area contributed by atoms with Crippen LogP contribution in [0.2, 0.25) is 0 Å². The lowest BCUT2D eigenvalue weighted by Crippen LogP contribution is -2.07. The fourth-order valence-electron chi connectivity index (χ4n) is 1.28. The fourth-order valence-corrected chi connectivity index (χ4v) is 1.28. The van der Waals surface area contributed by atoms with Crippen LogP contribution in [0.1, 0.15) is 17.7 Å². The third-order valence-corrected chi connectivity index (χ3v) is 1.96. The Morgan fingerprint density at radius 3 is 2.47 bits per heavy atom. The molecule has 0 bridgehead atoms. The Labute approximate surface area is 86.0 Å². The van der Waals surface area contributed by atoms with E-state index in [1.165, 1.54) is 20.4 Å². The van der Waals surface area contributed by atoms with Crippen molar-refractivity contribution in [2.75, 3.05) is 14.2 Å². The van der Waals surface area contributed by atoms with Crippen molar-refractivity contribution in [3.05, 3.63) is 17.5 Å². The predicted octanol–water partition coefficient (Wildman–Crippen LogP) is 1.50. The molecule has 1 aromatic rings. The summed E-state index contributed by atoms with van der Waals surface area (Å²) in [6, 6.07) is 0. The van der Waals surface area contributed by atoms with Gasteiger partial charge in [-0.3, -0.25) is 0 Å². The fraction of sp³-hybridized carbons (Fsp3) is 0.444. The van der Waals surface area contributed by atoms with E-state index >= 15 is 0 Å². The van der Waals surface area contributed by atoms with Crippen LogP contribution in [0.15, 0.2) is 6.20 Å². The summed E-state index contributed by atoms with van der Waals surface area (Å²) in [5.41, 5.74) is 5.41. The molecule has 0 unspecified atom stereocenters. The molecule has 0 aliphatic carbocycles. The first-order valence-corrected chi connectivity index (χ1v) is 4.23. The molecule has 0 fully saturated rings. The molecule has 0 saturated carbocycles. The minimum absolute atomic E-state index is 0.00755. The molecule has 0 aliphatic heterocycles. The number of hydrogen-bond acceptors (Lipinski definition) is 4. The Morgan fingerprint density at radius 2 is 2.07 bits per heavy atom. The zero-order valence-electron chi connectivity index (χ0n) is 8.46. The molecule has 0 aliphatic rings. The molecule has 0 saturated heterocycles. The molecule has 0 spiro atoms. The number of alkyl halides is 2. The Morgan fingerprint density at radius 1 is 1.40 bits per heavy atom. The molecular weight excluding hydrogens is 206 g/mol. The highest BCUT2D eigenvalue weighted by atomic mass is 19.3. The molecule has 0 radical (unpaired) electrons. The summed E-state index contributed by atoms with van der Waals surface area (Å²) < 4.78 is 34.9. The lowest BCUT2D eigenvalue weighted by atomic mass is 10.2. The van der Waals surface area contributed by atoms with Gasteiger partial charge in [0, 0.05) is 6.54 Å². The van der Waals surface area contributed by atoms with Crippen molar-refractivity contribution in [3.8, 4) is 11.5 Å². The number of ether oxygens (including phenoxy) is 2. The van der Waals surface area contributed by atoms with Gasteiger partial charge in [-0.05, 0) is 0 Å². The standard InChI is InChI=1S/C9H12F2N2O2/c1-14-6-4-13-7(9(10)11)8(15-2)5(6)3-12/h4,9H,3,12H2,1-2H3. The largest absolute Gasteiger partial charge is 0.495 e. The number of rotatable bonds is 4. The van der Waals surface area contributed by atoms with Gasteiger partial charge in [0.05, 0.1) is 26.0 Å². The van der Waals surface area contributed by atoms with Crippen LogP contribution in [0.25, 0.3) is 0 Å². The topological polar surface area (TPSA) is 57.4 Å². The first kappa shape index (κ1) is 11.6. The zero-order valence-corrected chi connectivity index (χ0v) is 8.46. The summed E-state index contributed by atoms with van der Waals surface area (Å²) in [7, 11) is 2.71. The minimum atomic E-state index is -2.70. The van der Waals surface area contributed by atoms with Gasteiger partial charge in [-0.15, -0.1) is 0 Å². The second-order valence-electron chi connectivity index (χ2n) is 2.73. The van der Waals surface area contributed by atoms with Crippen LogP contribution >= 0.6 is 0 Å². The Hall–Kier alpha value is -1.43. The minimum Gasteiger partial charge on any atom is -0.495 e. The Balaban J connectivity index is 3.34. The van der Waals surface area contributed by atoms with E-state index in [0.29, 0.717) is 11.3 Å². The monoisotopic (exact) mass is 218 g/mol. The summed E-state index contributed by atoms with van der Waals surface area (Å²) in [6.45, 7) is 0.0502. The molecule has 0 amide bonds. The maximum atomic E-state index is 12.5. The van der Waals surface area contributed by atoms with Crippen molar-refractivity contribution in [2.45, 2.75) is 13.0 Å². The summed E-state index contributed by atoms with van der Waals surface area (Å²) in [6.07, 6.45) is -1.48. The van der Waals surface area contributed by atoms with Gasteiger partial charge in [-0.2, -0.15) is 0 Å². The number of nitrogens with two attached hydrogens (primary N) is 1. The Bertz CT molecular complexity index is 345. The maximum Gasteiger partial charge on any atom is 0.284 e. The summed E-state index contributed by atoms with van der Waals surface area (Å²) in [4.78, 5) is 3.57. The van der Waals surface area contributed by atoms with Crippen LogP contribution < -0.4 is 15.2 Å². The van der Waals surface area contributed by atoms with E-state index in [1.807, 2.05) is 0 Å². The molecule has 0 aromatic carbocycles. The van der Waals surface area contributed by atoms with Crippen molar-refractivity contribution in [1.82, 2.24) is 4.98 Å². The normalized spacial score (nSPS) is 10.5. The van der Waals surface area contributed by atoms with Crippen molar-refractivity contribution in [3.63, 3.8) is 0 Å². The average Bonchev–Trinajstić information content (AvgIpc) is 2.26. The first-order chi connectivity index (χ1) is 7.15. The SMILES string of the molecule is COc1cnc(C(F)F)c(OC)c1CN. The first-order valence-electron chi connectivity index (χ1n) is 4.23. The third kappa shape index (κ3) is 2.15. The second kappa shape index (κ2) is 4.88. The predicted molar refractivity (Wildman–Crippen MR) is 50.2 cm³/mol. The van der Waals surface area contributed by atoms with Gasteiger partial charge in [0.1, 0.15) is 11.4 Å². The molecule has 4 nitrogen and oxygen atoms in total.